The SMILES string of the molecule is O=C(NCCNC(=O)C1CCN(S(=O)(=O)/C=C/c2ccccc2)CC1)c1ccccc1. The number of nitrogens with zero attached hydrogens (tertiary/aromatic N) is 1. The van der Waals surface area contributed by atoms with Gasteiger partial charge >= 0.3 is 0 Å². The van der Waals surface area contributed by atoms with Gasteiger partial charge in [0, 0.05) is 43.1 Å². The minimum atomic E-state index is -3.51. The van der Waals surface area contributed by atoms with Gasteiger partial charge in [-0.15, -0.1) is 0 Å². The van der Waals surface area contributed by atoms with E-state index in [1.165, 1.54) is 9.71 Å². The fourth-order valence-corrected chi connectivity index (χ4v) is 4.61. The monoisotopic (exact) mass is 441 g/mol. The normalized spacial score (nSPS) is 15.6. The van der Waals surface area contributed by atoms with Crippen LogP contribution in [0.1, 0.15) is 28.8 Å². The molecule has 1 heterocycles. The van der Waals surface area contributed by atoms with E-state index in [1.54, 1.807) is 30.3 Å². The van der Waals surface area contributed by atoms with Gasteiger partial charge in [0.15, 0.2) is 0 Å². The number of amides is 2. The number of carbonyl (C=O) groups is 2. The Morgan fingerprint density at radius 1 is 0.903 bits per heavy atom. The van der Waals surface area contributed by atoms with Crippen molar-refractivity contribution < 1.29 is 18.0 Å². The van der Waals surface area contributed by atoms with Gasteiger partial charge in [-0.3, -0.25) is 9.59 Å². The highest BCUT2D eigenvalue weighted by Gasteiger charge is 2.29. The van der Waals surface area contributed by atoms with Gasteiger partial charge < -0.3 is 10.6 Å². The standard InChI is InChI=1S/C23H27N3O4S/c27-22(20-9-5-2-6-10-20)24-14-15-25-23(28)21-11-16-26(17-12-21)31(29,30)18-13-19-7-3-1-4-8-19/h1-10,13,18,21H,11-12,14-17H2,(H,24,27)(H,25,28)/b18-13+. The van der Waals surface area contributed by atoms with E-state index < -0.39 is 10.0 Å². The molecule has 2 N–H and O–H groups in total. The Labute approximate surface area is 183 Å². The van der Waals surface area contributed by atoms with Crippen molar-refractivity contribution >= 4 is 27.9 Å². The molecule has 0 unspecified atom stereocenters. The second kappa shape index (κ2) is 10.9. The molecule has 1 aliphatic heterocycles. The van der Waals surface area contributed by atoms with Crippen LogP contribution < -0.4 is 10.6 Å². The minimum Gasteiger partial charge on any atom is -0.354 e. The predicted octanol–water partition coefficient (Wildman–Crippen LogP) is 2.25. The molecule has 0 aliphatic carbocycles. The molecule has 1 saturated heterocycles. The van der Waals surface area contributed by atoms with Crippen LogP contribution in [-0.4, -0.2) is 50.7 Å². The lowest BCUT2D eigenvalue weighted by atomic mass is 9.97. The summed E-state index contributed by atoms with van der Waals surface area (Å²) < 4.78 is 26.5. The van der Waals surface area contributed by atoms with Crippen molar-refractivity contribution in [3.8, 4) is 0 Å². The van der Waals surface area contributed by atoms with Crippen LogP contribution in [0.15, 0.2) is 66.1 Å². The van der Waals surface area contributed by atoms with Crippen LogP contribution in [0.3, 0.4) is 0 Å². The third kappa shape index (κ3) is 6.77. The van der Waals surface area contributed by atoms with Crippen molar-refractivity contribution in [3.63, 3.8) is 0 Å². The first-order valence-electron chi connectivity index (χ1n) is 10.3. The Bertz CT molecular complexity index is 1000. The van der Waals surface area contributed by atoms with Crippen LogP contribution in [0.2, 0.25) is 0 Å². The molecule has 7 nitrogen and oxygen atoms in total. The quantitative estimate of drug-likeness (QED) is 0.614. The summed E-state index contributed by atoms with van der Waals surface area (Å²) >= 11 is 0. The van der Waals surface area contributed by atoms with E-state index in [9.17, 15) is 18.0 Å². The van der Waals surface area contributed by atoms with Crippen molar-refractivity contribution in [2.45, 2.75) is 12.8 Å². The van der Waals surface area contributed by atoms with E-state index in [-0.39, 0.29) is 17.7 Å². The third-order valence-electron chi connectivity index (χ3n) is 5.16. The largest absolute Gasteiger partial charge is 0.354 e. The number of rotatable bonds is 8. The molecule has 3 rings (SSSR count). The molecule has 1 fully saturated rings. The maximum atomic E-state index is 12.5. The molecule has 0 aromatic heterocycles. The summed E-state index contributed by atoms with van der Waals surface area (Å²) in [6.07, 6.45) is 2.53. The van der Waals surface area contributed by atoms with Crippen LogP contribution in [0.25, 0.3) is 6.08 Å². The molecule has 31 heavy (non-hydrogen) atoms. The highest BCUT2D eigenvalue weighted by Crippen LogP contribution is 2.21. The first-order chi connectivity index (χ1) is 15.0. The molecule has 0 radical (unpaired) electrons. The molecule has 2 aromatic rings. The van der Waals surface area contributed by atoms with Crippen LogP contribution in [0.4, 0.5) is 0 Å². The molecule has 1 aliphatic rings. The van der Waals surface area contributed by atoms with Gasteiger partial charge in [0.1, 0.15) is 0 Å². The molecule has 0 atom stereocenters. The lowest BCUT2D eigenvalue weighted by Gasteiger charge is -2.29. The fraction of sp³-hybridized carbons (Fsp3) is 0.304. The zero-order valence-electron chi connectivity index (χ0n) is 17.2. The summed E-state index contributed by atoms with van der Waals surface area (Å²) in [6.45, 7) is 1.28. The Morgan fingerprint density at radius 2 is 1.48 bits per heavy atom. The Hall–Kier alpha value is -2.97. The molecule has 164 valence electrons. The van der Waals surface area contributed by atoms with Crippen molar-refractivity contribution in [1.29, 1.82) is 0 Å². The molecule has 0 bridgehead atoms. The number of hydrogen-bond donors (Lipinski definition) is 2. The fourth-order valence-electron chi connectivity index (χ4n) is 3.38. The molecule has 2 aromatic carbocycles. The summed E-state index contributed by atoms with van der Waals surface area (Å²) in [7, 11) is -3.51. The lowest BCUT2D eigenvalue weighted by Crippen LogP contribution is -2.43. The van der Waals surface area contributed by atoms with Gasteiger partial charge in [-0.25, -0.2) is 8.42 Å². The van der Waals surface area contributed by atoms with Crippen molar-refractivity contribution in [2.24, 2.45) is 5.92 Å². The van der Waals surface area contributed by atoms with E-state index in [0.29, 0.717) is 44.6 Å². The number of hydrogen-bond acceptors (Lipinski definition) is 4. The summed E-state index contributed by atoms with van der Waals surface area (Å²) in [5.41, 5.74) is 1.39. The van der Waals surface area contributed by atoms with E-state index in [2.05, 4.69) is 10.6 Å². The molecular formula is C23H27N3O4S. The summed E-state index contributed by atoms with van der Waals surface area (Å²) in [6, 6.07) is 18.1. The Morgan fingerprint density at radius 3 is 2.13 bits per heavy atom. The van der Waals surface area contributed by atoms with Crippen molar-refractivity contribution in [1.82, 2.24) is 14.9 Å². The van der Waals surface area contributed by atoms with Crippen molar-refractivity contribution in [3.05, 3.63) is 77.2 Å². The number of nitrogens with one attached hydrogen (secondary N) is 2. The molecule has 2 amide bonds. The maximum Gasteiger partial charge on any atom is 0.251 e. The molecule has 0 saturated carbocycles. The highest BCUT2D eigenvalue weighted by atomic mass is 32.2. The van der Waals surface area contributed by atoms with Crippen LogP contribution in [0.5, 0.6) is 0 Å². The van der Waals surface area contributed by atoms with E-state index >= 15 is 0 Å². The summed E-state index contributed by atoms with van der Waals surface area (Å²) in [5, 5.41) is 6.81. The first kappa shape index (κ1) is 22.7. The lowest BCUT2D eigenvalue weighted by molar-refractivity contribution is -0.126. The number of benzene rings is 2. The average molecular weight is 442 g/mol. The Balaban J connectivity index is 1.39. The van der Waals surface area contributed by atoms with Crippen molar-refractivity contribution in [2.75, 3.05) is 26.2 Å². The van der Waals surface area contributed by atoms with Gasteiger partial charge in [-0.1, -0.05) is 48.5 Å². The van der Waals surface area contributed by atoms with Crippen LogP contribution in [-0.2, 0) is 14.8 Å². The van der Waals surface area contributed by atoms with Crippen LogP contribution >= 0.6 is 0 Å². The van der Waals surface area contributed by atoms with Crippen LogP contribution in [0, 0.1) is 5.92 Å². The van der Waals surface area contributed by atoms with Gasteiger partial charge in [0.05, 0.1) is 0 Å². The zero-order valence-corrected chi connectivity index (χ0v) is 18.1. The second-order valence-electron chi connectivity index (χ2n) is 7.34. The number of carbonyl (C=O) groups excluding carboxylic acids is 2. The smallest absolute Gasteiger partial charge is 0.251 e. The number of sulfonamides is 1. The second-order valence-corrected chi connectivity index (χ2v) is 9.16. The van der Waals surface area contributed by atoms with E-state index in [0.717, 1.165) is 5.56 Å². The van der Waals surface area contributed by atoms with E-state index in [4.69, 9.17) is 0 Å². The highest BCUT2D eigenvalue weighted by molar-refractivity contribution is 7.92. The van der Waals surface area contributed by atoms with E-state index in [1.807, 2.05) is 36.4 Å². The predicted molar refractivity (Wildman–Crippen MR) is 120 cm³/mol. The Kier molecular flexibility index (Phi) is 7.97. The topological polar surface area (TPSA) is 95.6 Å². The van der Waals surface area contributed by atoms with Gasteiger partial charge in [-0.05, 0) is 36.6 Å². The number of piperidine rings is 1. The zero-order chi connectivity index (χ0) is 22.1. The minimum absolute atomic E-state index is 0.106. The maximum absolute atomic E-state index is 12.5. The van der Waals surface area contributed by atoms with Gasteiger partial charge in [-0.2, -0.15) is 4.31 Å². The third-order valence-corrected chi connectivity index (χ3v) is 6.73. The van der Waals surface area contributed by atoms with Gasteiger partial charge in [0.25, 0.3) is 5.91 Å². The summed E-state index contributed by atoms with van der Waals surface area (Å²) in [4.78, 5) is 24.3. The average Bonchev–Trinajstić information content (AvgIpc) is 2.81. The molecule has 8 heteroatoms. The molecular weight excluding hydrogens is 414 g/mol. The first-order valence-corrected chi connectivity index (χ1v) is 11.8. The molecule has 0 spiro atoms. The van der Waals surface area contributed by atoms with Gasteiger partial charge in [0.2, 0.25) is 15.9 Å². The summed E-state index contributed by atoms with van der Waals surface area (Å²) in [5.74, 6) is -0.517.